The molecule has 0 spiro atoms. The Balaban J connectivity index is 2.39. The second kappa shape index (κ2) is 6.50. The molecule has 0 aromatic heterocycles. The van der Waals surface area contributed by atoms with Crippen molar-refractivity contribution in [3.8, 4) is 5.75 Å². The standard InChI is InChI=1S/C11H13BrO4/c1-2-15-11(14)10(13)7-16-9-5-3-8(12)4-6-9/h3-6,10,13H,2,7H2,1H3/t10-/m1/s1. The second-order valence-electron chi connectivity index (χ2n) is 3.03. The minimum atomic E-state index is -1.25. The van der Waals surface area contributed by atoms with Crippen molar-refractivity contribution in [3.05, 3.63) is 28.7 Å². The SMILES string of the molecule is CCOC(=O)[C@H](O)COc1ccc(Br)cc1. The summed E-state index contributed by atoms with van der Waals surface area (Å²) in [5, 5.41) is 9.36. The maximum Gasteiger partial charge on any atom is 0.338 e. The lowest BCUT2D eigenvalue weighted by Crippen LogP contribution is -2.29. The van der Waals surface area contributed by atoms with Gasteiger partial charge in [0.15, 0.2) is 6.10 Å². The summed E-state index contributed by atoms with van der Waals surface area (Å²) in [6.07, 6.45) is -1.25. The van der Waals surface area contributed by atoms with E-state index in [4.69, 9.17) is 4.74 Å². The van der Waals surface area contributed by atoms with E-state index in [0.717, 1.165) is 4.47 Å². The minimum absolute atomic E-state index is 0.111. The van der Waals surface area contributed by atoms with Crippen molar-refractivity contribution in [1.82, 2.24) is 0 Å². The molecule has 16 heavy (non-hydrogen) atoms. The van der Waals surface area contributed by atoms with Gasteiger partial charge in [-0.05, 0) is 31.2 Å². The summed E-state index contributed by atoms with van der Waals surface area (Å²) in [4.78, 5) is 11.1. The zero-order valence-corrected chi connectivity index (χ0v) is 10.4. The van der Waals surface area contributed by atoms with Crippen molar-refractivity contribution in [1.29, 1.82) is 0 Å². The third-order valence-corrected chi connectivity index (χ3v) is 2.31. The molecule has 0 saturated carbocycles. The first-order valence-corrected chi connectivity index (χ1v) is 5.66. The maximum atomic E-state index is 11.1. The van der Waals surface area contributed by atoms with Crippen LogP contribution in [0.4, 0.5) is 0 Å². The smallest absolute Gasteiger partial charge is 0.338 e. The van der Waals surface area contributed by atoms with Crippen LogP contribution in [0, 0.1) is 0 Å². The summed E-state index contributed by atoms with van der Waals surface area (Å²) in [5.74, 6) is -0.0776. The minimum Gasteiger partial charge on any atom is -0.490 e. The summed E-state index contributed by atoms with van der Waals surface area (Å²) in [6, 6.07) is 7.10. The van der Waals surface area contributed by atoms with Gasteiger partial charge in [0.2, 0.25) is 0 Å². The van der Waals surface area contributed by atoms with Gasteiger partial charge >= 0.3 is 5.97 Å². The van der Waals surface area contributed by atoms with E-state index in [0.29, 0.717) is 5.75 Å². The molecule has 1 aromatic rings. The zero-order valence-electron chi connectivity index (χ0n) is 8.85. The van der Waals surface area contributed by atoms with Crippen LogP contribution >= 0.6 is 15.9 Å². The average molecular weight is 289 g/mol. The molecule has 0 radical (unpaired) electrons. The number of hydrogen-bond donors (Lipinski definition) is 1. The van der Waals surface area contributed by atoms with Gasteiger partial charge in [0.05, 0.1) is 6.61 Å². The molecule has 4 nitrogen and oxygen atoms in total. The Morgan fingerprint density at radius 1 is 1.44 bits per heavy atom. The molecule has 0 bridgehead atoms. The van der Waals surface area contributed by atoms with Crippen LogP contribution in [-0.4, -0.2) is 30.4 Å². The Morgan fingerprint density at radius 2 is 2.06 bits per heavy atom. The van der Waals surface area contributed by atoms with E-state index in [9.17, 15) is 9.90 Å². The van der Waals surface area contributed by atoms with Crippen LogP contribution in [0.5, 0.6) is 5.75 Å². The number of benzene rings is 1. The summed E-state index contributed by atoms with van der Waals surface area (Å²) >= 11 is 3.29. The Labute approximate surface area is 102 Å². The number of halogens is 1. The van der Waals surface area contributed by atoms with Gasteiger partial charge in [-0.2, -0.15) is 0 Å². The quantitative estimate of drug-likeness (QED) is 0.839. The van der Waals surface area contributed by atoms with Crippen LogP contribution < -0.4 is 4.74 Å². The number of aliphatic hydroxyl groups is 1. The van der Waals surface area contributed by atoms with Gasteiger partial charge in [-0.1, -0.05) is 15.9 Å². The van der Waals surface area contributed by atoms with Gasteiger partial charge in [0.1, 0.15) is 12.4 Å². The molecule has 0 unspecified atom stereocenters. The fourth-order valence-electron chi connectivity index (χ4n) is 1.01. The van der Waals surface area contributed by atoms with E-state index in [1.54, 1.807) is 19.1 Å². The van der Waals surface area contributed by atoms with Gasteiger partial charge < -0.3 is 14.6 Å². The third-order valence-electron chi connectivity index (χ3n) is 1.78. The highest BCUT2D eigenvalue weighted by Gasteiger charge is 2.16. The van der Waals surface area contributed by atoms with Gasteiger partial charge in [0.25, 0.3) is 0 Å². The van der Waals surface area contributed by atoms with Crippen LogP contribution in [0.15, 0.2) is 28.7 Å². The molecular formula is C11H13BrO4. The molecule has 5 heteroatoms. The van der Waals surface area contributed by atoms with Crippen molar-refractivity contribution in [2.24, 2.45) is 0 Å². The highest BCUT2D eigenvalue weighted by molar-refractivity contribution is 9.10. The van der Waals surface area contributed by atoms with Crippen LogP contribution in [0.1, 0.15) is 6.92 Å². The van der Waals surface area contributed by atoms with Crippen molar-refractivity contribution >= 4 is 21.9 Å². The highest BCUT2D eigenvalue weighted by atomic mass is 79.9. The lowest BCUT2D eigenvalue weighted by Gasteiger charge is -2.11. The van der Waals surface area contributed by atoms with Crippen LogP contribution in [-0.2, 0) is 9.53 Å². The van der Waals surface area contributed by atoms with Crippen LogP contribution in [0.25, 0.3) is 0 Å². The highest BCUT2D eigenvalue weighted by Crippen LogP contribution is 2.16. The maximum absolute atomic E-state index is 11.1. The molecule has 1 atom stereocenters. The number of hydrogen-bond acceptors (Lipinski definition) is 4. The van der Waals surface area contributed by atoms with Gasteiger partial charge in [-0.15, -0.1) is 0 Å². The summed E-state index contributed by atoms with van der Waals surface area (Å²) < 4.78 is 10.8. The van der Waals surface area contributed by atoms with Crippen LogP contribution in [0.2, 0.25) is 0 Å². The normalized spacial score (nSPS) is 11.9. The predicted molar refractivity (Wildman–Crippen MR) is 62.3 cm³/mol. The van der Waals surface area contributed by atoms with Crippen LogP contribution in [0.3, 0.4) is 0 Å². The predicted octanol–water partition coefficient (Wildman–Crippen LogP) is 1.75. The summed E-state index contributed by atoms with van der Waals surface area (Å²) in [6.45, 7) is 1.81. The van der Waals surface area contributed by atoms with Crippen molar-refractivity contribution in [2.45, 2.75) is 13.0 Å². The van der Waals surface area contributed by atoms with Gasteiger partial charge in [-0.25, -0.2) is 4.79 Å². The molecule has 0 aliphatic rings. The molecule has 88 valence electrons. The summed E-state index contributed by atoms with van der Waals surface area (Å²) in [5.41, 5.74) is 0. The molecule has 1 N–H and O–H groups in total. The van der Waals surface area contributed by atoms with E-state index >= 15 is 0 Å². The van der Waals surface area contributed by atoms with E-state index in [2.05, 4.69) is 20.7 Å². The van der Waals surface area contributed by atoms with Crippen molar-refractivity contribution < 1.29 is 19.4 Å². The molecule has 1 rings (SSSR count). The Bertz CT molecular complexity index is 336. The monoisotopic (exact) mass is 288 g/mol. The van der Waals surface area contributed by atoms with E-state index in [-0.39, 0.29) is 13.2 Å². The lowest BCUT2D eigenvalue weighted by molar-refractivity contribution is -0.154. The largest absolute Gasteiger partial charge is 0.490 e. The zero-order chi connectivity index (χ0) is 12.0. The molecule has 0 saturated heterocycles. The number of ether oxygens (including phenoxy) is 2. The first-order chi connectivity index (χ1) is 7.63. The van der Waals surface area contributed by atoms with Gasteiger partial charge in [-0.3, -0.25) is 0 Å². The first kappa shape index (κ1) is 13.0. The van der Waals surface area contributed by atoms with E-state index < -0.39 is 12.1 Å². The molecular weight excluding hydrogens is 276 g/mol. The van der Waals surface area contributed by atoms with E-state index in [1.807, 2.05) is 12.1 Å². The van der Waals surface area contributed by atoms with Crippen molar-refractivity contribution in [3.63, 3.8) is 0 Å². The Kier molecular flexibility index (Phi) is 5.28. The number of rotatable bonds is 5. The third kappa shape index (κ3) is 4.20. The van der Waals surface area contributed by atoms with Crippen molar-refractivity contribution in [2.75, 3.05) is 13.2 Å². The second-order valence-corrected chi connectivity index (χ2v) is 3.95. The van der Waals surface area contributed by atoms with E-state index in [1.165, 1.54) is 0 Å². The fourth-order valence-corrected chi connectivity index (χ4v) is 1.28. The molecule has 0 aliphatic heterocycles. The number of carbonyl (C=O) groups excluding carboxylic acids is 1. The topological polar surface area (TPSA) is 55.8 Å². The fraction of sp³-hybridized carbons (Fsp3) is 0.364. The average Bonchev–Trinajstić information content (AvgIpc) is 2.28. The first-order valence-electron chi connectivity index (χ1n) is 4.86. The Morgan fingerprint density at radius 3 is 2.62 bits per heavy atom. The molecule has 0 aliphatic carbocycles. The number of aliphatic hydroxyl groups excluding tert-OH is 1. The molecule has 1 aromatic carbocycles. The lowest BCUT2D eigenvalue weighted by atomic mass is 10.3. The number of esters is 1. The molecule has 0 heterocycles. The number of carbonyl (C=O) groups is 1. The van der Waals surface area contributed by atoms with Gasteiger partial charge in [0, 0.05) is 4.47 Å². The molecule has 0 amide bonds. The Hall–Kier alpha value is -1.07. The summed E-state index contributed by atoms with van der Waals surface area (Å²) in [7, 11) is 0. The molecule has 0 fully saturated rings.